The molecule has 27 heavy (non-hydrogen) atoms. The van der Waals surface area contributed by atoms with Gasteiger partial charge in [0.2, 0.25) is 0 Å². The Morgan fingerprint density at radius 2 is 1.89 bits per heavy atom. The number of amides is 1. The van der Waals surface area contributed by atoms with Gasteiger partial charge in [0, 0.05) is 31.7 Å². The third-order valence-electron chi connectivity index (χ3n) is 5.07. The van der Waals surface area contributed by atoms with E-state index in [9.17, 15) is 14.3 Å². The Morgan fingerprint density at radius 1 is 1.15 bits per heavy atom. The van der Waals surface area contributed by atoms with E-state index in [0.29, 0.717) is 16.8 Å². The Balaban J connectivity index is 1.69. The Kier molecular flexibility index (Phi) is 6.53. The third kappa shape index (κ3) is 4.90. The molecule has 0 saturated carbocycles. The highest BCUT2D eigenvalue weighted by Crippen LogP contribution is 2.18. The van der Waals surface area contributed by atoms with Gasteiger partial charge in [0.25, 0.3) is 5.91 Å². The van der Waals surface area contributed by atoms with Crippen LogP contribution in [0.15, 0.2) is 42.6 Å². The van der Waals surface area contributed by atoms with E-state index in [-0.39, 0.29) is 24.6 Å². The number of likely N-dealkylation sites (tertiary alicyclic amines) is 1. The molecule has 3 rings (SSSR count). The molecule has 1 aliphatic heterocycles. The van der Waals surface area contributed by atoms with Crippen LogP contribution in [0.5, 0.6) is 0 Å². The van der Waals surface area contributed by atoms with E-state index in [4.69, 9.17) is 5.73 Å². The number of hydrogen-bond acceptors (Lipinski definition) is 4. The first-order valence-corrected chi connectivity index (χ1v) is 9.46. The average molecular weight is 371 g/mol. The van der Waals surface area contributed by atoms with Crippen molar-refractivity contribution in [1.82, 2.24) is 9.88 Å². The molecule has 0 radical (unpaired) electrons. The van der Waals surface area contributed by atoms with Crippen LogP contribution in [0.4, 0.5) is 4.39 Å². The van der Waals surface area contributed by atoms with Crippen molar-refractivity contribution in [2.75, 3.05) is 13.1 Å². The van der Waals surface area contributed by atoms with Crippen molar-refractivity contribution in [3.63, 3.8) is 0 Å². The number of nitrogens with zero attached hydrogens (tertiary/aromatic N) is 2. The number of carbonyl (C=O) groups is 1. The zero-order chi connectivity index (χ0) is 19.2. The first-order valence-electron chi connectivity index (χ1n) is 9.46. The maximum atomic E-state index is 13.8. The summed E-state index contributed by atoms with van der Waals surface area (Å²) in [5.74, 6) is -0.383. The summed E-state index contributed by atoms with van der Waals surface area (Å²) in [5, 5.41) is 10.5. The topological polar surface area (TPSA) is 79.5 Å². The molecule has 3 N–H and O–H groups in total. The molecule has 5 nitrogen and oxygen atoms in total. The van der Waals surface area contributed by atoms with Gasteiger partial charge in [-0.05, 0) is 49.4 Å². The minimum Gasteiger partial charge on any atom is -0.391 e. The molecule has 1 fully saturated rings. The van der Waals surface area contributed by atoms with Crippen molar-refractivity contribution in [3.8, 4) is 0 Å². The second-order valence-corrected chi connectivity index (χ2v) is 7.08. The fourth-order valence-electron chi connectivity index (χ4n) is 3.47. The molecule has 144 valence electrons. The molecular formula is C21H26FN3O2. The smallest absolute Gasteiger partial charge is 0.255 e. The minimum atomic E-state index is -0.924. The highest BCUT2D eigenvalue weighted by atomic mass is 19.1. The second kappa shape index (κ2) is 9.06. The van der Waals surface area contributed by atoms with Crippen LogP contribution in [0.25, 0.3) is 0 Å². The monoisotopic (exact) mass is 371 g/mol. The normalized spacial score (nSPS) is 16.8. The van der Waals surface area contributed by atoms with E-state index >= 15 is 0 Å². The summed E-state index contributed by atoms with van der Waals surface area (Å²) < 4.78 is 13.8. The number of pyridine rings is 1. The lowest BCUT2D eigenvalue weighted by atomic mass is 9.96. The van der Waals surface area contributed by atoms with Gasteiger partial charge in [-0.3, -0.25) is 9.78 Å². The first-order chi connectivity index (χ1) is 13.1. The fourth-order valence-corrected chi connectivity index (χ4v) is 3.47. The Morgan fingerprint density at radius 3 is 2.63 bits per heavy atom. The molecule has 2 aromatic rings. The predicted octanol–water partition coefficient (Wildman–Crippen LogP) is 2.32. The molecule has 1 saturated heterocycles. The molecule has 0 unspecified atom stereocenters. The van der Waals surface area contributed by atoms with Gasteiger partial charge in [0.1, 0.15) is 5.82 Å². The van der Waals surface area contributed by atoms with E-state index in [1.54, 1.807) is 36.5 Å². The van der Waals surface area contributed by atoms with Gasteiger partial charge in [0.05, 0.1) is 17.4 Å². The van der Waals surface area contributed by atoms with E-state index in [0.717, 1.165) is 32.4 Å². The van der Waals surface area contributed by atoms with Gasteiger partial charge in [-0.1, -0.05) is 18.2 Å². The van der Waals surface area contributed by atoms with Crippen LogP contribution in [0, 0.1) is 5.82 Å². The molecule has 0 aliphatic carbocycles. The van der Waals surface area contributed by atoms with Crippen molar-refractivity contribution in [2.24, 2.45) is 5.73 Å². The fraction of sp³-hybridized carbons (Fsp3) is 0.429. The molecule has 1 aliphatic rings. The number of hydrogen-bond donors (Lipinski definition) is 2. The summed E-state index contributed by atoms with van der Waals surface area (Å²) in [5.41, 5.74) is 7.61. The number of rotatable bonds is 6. The summed E-state index contributed by atoms with van der Waals surface area (Å²) in [6.45, 7) is 1.50. The summed E-state index contributed by atoms with van der Waals surface area (Å²) in [6.07, 6.45) is 4.23. The standard InChI is InChI=1S/C21H26FN3O2/c22-17-9-3-2-7-15(17)13-18(23)20(26)14-19-16(8-6-10-24-19)21(27)25-11-4-1-5-12-25/h2-3,6-10,18,20,26H,1,4-5,11-14,23H2/t18-,20+/m1/s1. The molecular weight excluding hydrogens is 345 g/mol. The largest absolute Gasteiger partial charge is 0.391 e. The third-order valence-corrected chi connectivity index (χ3v) is 5.07. The number of benzene rings is 1. The van der Waals surface area contributed by atoms with Crippen molar-refractivity contribution in [3.05, 3.63) is 65.2 Å². The van der Waals surface area contributed by atoms with Crippen LogP contribution in [-0.2, 0) is 12.8 Å². The van der Waals surface area contributed by atoms with E-state index in [1.807, 2.05) is 4.90 Å². The summed E-state index contributed by atoms with van der Waals surface area (Å²) in [4.78, 5) is 19.0. The van der Waals surface area contributed by atoms with Gasteiger partial charge >= 0.3 is 0 Å². The van der Waals surface area contributed by atoms with Crippen LogP contribution in [0.3, 0.4) is 0 Å². The zero-order valence-electron chi connectivity index (χ0n) is 15.4. The Hall–Kier alpha value is -2.31. The van der Waals surface area contributed by atoms with Crippen LogP contribution in [-0.4, -0.2) is 46.1 Å². The van der Waals surface area contributed by atoms with Crippen molar-refractivity contribution >= 4 is 5.91 Å². The lowest BCUT2D eigenvalue weighted by molar-refractivity contribution is 0.0721. The number of aromatic nitrogens is 1. The average Bonchev–Trinajstić information content (AvgIpc) is 2.70. The highest BCUT2D eigenvalue weighted by Gasteiger charge is 2.24. The lowest BCUT2D eigenvalue weighted by Gasteiger charge is -2.27. The number of carbonyl (C=O) groups excluding carboxylic acids is 1. The number of nitrogens with two attached hydrogens (primary N) is 1. The molecule has 1 aromatic heterocycles. The molecule has 2 atom stereocenters. The van der Waals surface area contributed by atoms with Crippen LogP contribution in [0.2, 0.25) is 0 Å². The number of aliphatic hydroxyl groups excluding tert-OH is 1. The van der Waals surface area contributed by atoms with Gasteiger partial charge in [-0.2, -0.15) is 0 Å². The van der Waals surface area contributed by atoms with Crippen LogP contribution >= 0.6 is 0 Å². The maximum absolute atomic E-state index is 13.8. The summed E-state index contributed by atoms with van der Waals surface area (Å²) >= 11 is 0. The van der Waals surface area contributed by atoms with E-state index in [1.165, 1.54) is 6.07 Å². The van der Waals surface area contributed by atoms with Gasteiger partial charge < -0.3 is 15.7 Å². The van der Waals surface area contributed by atoms with Gasteiger partial charge in [-0.15, -0.1) is 0 Å². The first kappa shape index (κ1) is 19.5. The molecule has 2 heterocycles. The number of halogens is 1. The van der Waals surface area contributed by atoms with Crippen molar-refractivity contribution < 1.29 is 14.3 Å². The van der Waals surface area contributed by atoms with Crippen LogP contribution < -0.4 is 5.73 Å². The molecule has 6 heteroatoms. The van der Waals surface area contributed by atoms with Crippen LogP contribution in [0.1, 0.15) is 40.9 Å². The molecule has 0 bridgehead atoms. The maximum Gasteiger partial charge on any atom is 0.255 e. The second-order valence-electron chi connectivity index (χ2n) is 7.08. The minimum absolute atomic E-state index is 0.0484. The summed E-state index contributed by atoms with van der Waals surface area (Å²) in [7, 11) is 0. The summed E-state index contributed by atoms with van der Waals surface area (Å²) in [6, 6.07) is 9.22. The van der Waals surface area contributed by atoms with Gasteiger partial charge in [-0.25, -0.2) is 4.39 Å². The number of aliphatic hydroxyl groups is 1. The Labute approximate surface area is 159 Å². The SMILES string of the molecule is N[C@H](Cc1ccccc1F)[C@@H](O)Cc1ncccc1C(=O)N1CCCCC1. The zero-order valence-corrected chi connectivity index (χ0v) is 15.4. The van der Waals surface area contributed by atoms with Gasteiger partial charge in [0.15, 0.2) is 0 Å². The number of piperidine rings is 1. The van der Waals surface area contributed by atoms with Crippen molar-refractivity contribution in [2.45, 2.75) is 44.2 Å². The molecule has 0 spiro atoms. The predicted molar refractivity (Wildman–Crippen MR) is 102 cm³/mol. The van der Waals surface area contributed by atoms with E-state index < -0.39 is 12.1 Å². The Bertz CT molecular complexity index is 778. The highest BCUT2D eigenvalue weighted by molar-refractivity contribution is 5.95. The molecule has 1 amide bonds. The van der Waals surface area contributed by atoms with E-state index in [2.05, 4.69) is 4.98 Å². The molecule has 1 aromatic carbocycles. The quantitative estimate of drug-likeness (QED) is 0.817. The van der Waals surface area contributed by atoms with Crippen molar-refractivity contribution in [1.29, 1.82) is 0 Å². The lowest BCUT2D eigenvalue weighted by Crippen LogP contribution is -2.40.